The predicted molar refractivity (Wildman–Crippen MR) is 94.2 cm³/mol. The molecule has 1 amide bonds. The Morgan fingerprint density at radius 1 is 1.21 bits per heavy atom. The lowest BCUT2D eigenvalue weighted by molar-refractivity contribution is -0.124. The molecule has 0 bridgehead atoms. The van der Waals surface area contributed by atoms with Crippen molar-refractivity contribution in [1.82, 2.24) is 10.3 Å². The number of benzene rings is 1. The number of ether oxygens (including phenoxy) is 1. The number of hydrogen-bond donors (Lipinski definition) is 1. The van der Waals surface area contributed by atoms with Gasteiger partial charge in [0.25, 0.3) is 5.91 Å². The van der Waals surface area contributed by atoms with Crippen LogP contribution in [0.25, 0.3) is 0 Å². The number of pyridine rings is 1. The van der Waals surface area contributed by atoms with E-state index in [1.807, 2.05) is 37.4 Å². The summed E-state index contributed by atoms with van der Waals surface area (Å²) in [5.74, 6) is -0.854. The smallest absolute Gasteiger partial charge is 0.341 e. The molecule has 6 heteroatoms. The average molecular weight is 344 g/mol. The summed E-state index contributed by atoms with van der Waals surface area (Å²) in [4.78, 5) is 27.9. The summed E-state index contributed by atoms with van der Waals surface area (Å²) in [5.41, 5.74) is 2.76. The van der Waals surface area contributed by atoms with Gasteiger partial charge < -0.3 is 10.1 Å². The van der Waals surface area contributed by atoms with E-state index in [0.717, 1.165) is 6.42 Å². The number of amides is 1. The standard InChI is InChI=1S/C18H20N2O3S/c1-13-6-3-4-7-14(13)9-11-19-16(21)12-23-18(22)15-8-5-10-20-17(15)24-2/h3-8,10H,9,11-12H2,1-2H3,(H,19,21). The maximum Gasteiger partial charge on any atom is 0.341 e. The zero-order valence-corrected chi connectivity index (χ0v) is 14.6. The lowest BCUT2D eigenvalue weighted by Crippen LogP contribution is -2.30. The van der Waals surface area contributed by atoms with E-state index in [0.29, 0.717) is 17.1 Å². The molecule has 1 aromatic carbocycles. The van der Waals surface area contributed by atoms with Gasteiger partial charge in [0.15, 0.2) is 6.61 Å². The topological polar surface area (TPSA) is 68.3 Å². The Kier molecular flexibility index (Phi) is 6.81. The molecule has 0 saturated heterocycles. The van der Waals surface area contributed by atoms with Gasteiger partial charge in [-0.2, -0.15) is 0 Å². The minimum Gasteiger partial charge on any atom is -0.452 e. The highest BCUT2D eigenvalue weighted by atomic mass is 32.2. The van der Waals surface area contributed by atoms with Crippen LogP contribution in [0.3, 0.4) is 0 Å². The molecule has 0 aliphatic heterocycles. The van der Waals surface area contributed by atoms with Crippen LogP contribution in [-0.2, 0) is 16.0 Å². The minimum atomic E-state index is -0.540. The third kappa shape index (κ3) is 5.09. The molecule has 1 heterocycles. The third-order valence-corrected chi connectivity index (χ3v) is 4.21. The van der Waals surface area contributed by atoms with Gasteiger partial charge in [0, 0.05) is 12.7 Å². The second kappa shape index (κ2) is 9.08. The van der Waals surface area contributed by atoms with Gasteiger partial charge >= 0.3 is 5.97 Å². The number of carbonyl (C=O) groups excluding carboxylic acids is 2. The van der Waals surface area contributed by atoms with Crippen molar-refractivity contribution in [2.45, 2.75) is 18.4 Å². The highest BCUT2D eigenvalue weighted by Crippen LogP contribution is 2.17. The first-order valence-corrected chi connectivity index (χ1v) is 8.81. The van der Waals surface area contributed by atoms with Gasteiger partial charge in [0.2, 0.25) is 0 Å². The molecule has 0 atom stereocenters. The first kappa shape index (κ1) is 18.0. The number of esters is 1. The summed E-state index contributed by atoms with van der Waals surface area (Å²) in [6.07, 6.45) is 4.18. The summed E-state index contributed by atoms with van der Waals surface area (Å²) in [6.45, 7) is 2.25. The Bertz CT molecular complexity index is 719. The highest BCUT2D eigenvalue weighted by Gasteiger charge is 2.14. The van der Waals surface area contributed by atoms with Crippen molar-refractivity contribution in [1.29, 1.82) is 0 Å². The van der Waals surface area contributed by atoms with Crippen molar-refractivity contribution in [3.63, 3.8) is 0 Å². The van der Waals surface area contributed by atoms with Crippen LogP contribution in [0, 0.1) is 6.92 Å². The molecule has 0 spiro atoms. The second-order valence-electron chi connectivity index (χ2n) is 5.16. The van der Waals surface area contributed by atoms with Gasteiger partial charge in [-0.15, -0.1) is 11.8 Å². The van der Waals surface area contributed by atoms with Crippen LogP contribution in [0.4, 0.5) is 0 Å². The molecule has 0 fully saturated rings. The zero-order chi connectivity index (χ0) is 17.4. The third-order valence-electron chi connectivity index (χ3n) is 3.50. The molecule has 24 heavy (non-hydrogen) atoms. The van der Waals surface area contributed by atoms with Gasteiger partial charge in [0.05, 0.1) is 5.56 Å². The van der Waals surface area contributed by atoms with Gasteiger partial charge in [-0.1, -0.05) is 24.3 Å². The normalized spacial score (nSPS) is 10.2. The van der Waals surface area contributed by atoms with Crippen LogP contribution in [-0.4, -0.2) is 36.3 Å². The number of rotatable bonds is 7. The number of nitrogens with zero attached hydrogens (tertiary/aromatic N) is 1. The van der Waals surface area contributed by atoms with Gasteiger partial charge in [-0.25, -0.2) is 9.78 Å². The summed E-state index contributed by atoms with van der Waals surface area (Å²) < 4.78 is 5.05. The van der Waals surface area contributed by atoms with Gasteiger partial charge in [-0.3, -0.25) is 4.79 Å². The fourth-order valence-corrected chi connectivity index (χ4v) is 2.73. The average Bonchev–Trinajstić information content (AvgIpc) is 2.61. The minimum absolute atomic E-state index is 0.296. The fraction of sp³-hybridized carbons (Fsp3) is 0.278. The largest absolute Gasteiger partial charge is 0.452 e. The van der Waals surface area contributed by atoms with E-state index in [-0.39, 0.29) is 12.5 Å². The van der Waals surface area contributed by atoms with Crippen molar-refractivity contribution in [3.05, 3.63) is 59.3 Å². The monoisotopic (exact) mass is 344 g/mol. The maximum absolute atomic E-state index is 12.0. The van der Waals surface area contributed by atoms with Gasteiger partial charge in [0.1, 0.15) is 5.03 Å². The highest BCUT2D eigenvalue weighted by molar-refractivity contribution is 7.98. The Labute approximate surface area is 145 Å². The second-order valence-corrected chi connectivity index (χ2v) is 5.96. The quantitative estimate of drug-likeness (QED) is 0.618. The Hall–Kier alpha value is -2.34. The molecule has 5 nitrogen and oxygen atoms in total. The summed E-state index contributed by atoms with van der Waals surface area (Å²) in [6, 6.07) is 11.3. The van der Waals surface area contributed by atoms with E-state index >= 15 is 0 Å². The van der Waals surface area contributed by atoms with Crippen molar-refractivity contribution in [2.75, 3.05) is 19.4 Å². The van der Waals surface area contributed by atoms with Crippen LogP contribution in [0.15, 0.2) is 47.6 Å². The molecule has 1 aromatic heterocycles. The van der Waals surface area contributed by atoms with E-state index in [1.54, 1.807) is 18.3 Å². The van der Waals surface area contributed by atoms with E-state index in [4.69, 9.17) is 4.74 Å². The van der Waals surface area contributed by atoms with Crippen molar-refractivity contribution >= 4 is 23.6 Å². The van der Waals surface area contributed by atoms with E-state index in [1.165, 1.54) is 22.9 Å². The SMILES string of the molecule is CSc1ncccc1C(=O)OCC(=O)NCCc1ccccc1C. The molecule has 2 rings (SSSR count). The van der Waals surface area contributed by atoms with E-state index < -0.39 is 5.97 Å². The van der Waals surface area contributed by atoms with Gasteiger partial charge in [-0.05, 0) is 42.9 Å². The molecular weight excluding hydrogens is 324 g/mol. The number of hydrogen-bond acceptors (Lipinski definition) is 5. The molecule has 1 N–H and O–H groups in total. The van der Waals surface area contributed by atoms with Crippen LogP contribution < -0.4 is 5.32 Å². The Balaban J connectivity index is 1.77. The van der Waals surface area contributed by atoms with Crippen LogP contribution in [0.5, 0.6) is 0 Å². The molecule has 0 aliphatic carbocycles. The van der Waals surface area contributed by atoms with E-state index in [2.05, 4.69) is 10.3 Å². The predicted octanol–water partition coefficient (Wildman–Crippen LogP) is 2.63. The van der Waals surface area contributed by atoms with E-state index in [9.17, 15) is 9.59 Å². The first-order chi connectivity index (χ1) is 11.6. The summed E-state index contributed by atoms with van der Waals surface area (Å²) in [5, 5.41) is 3.34. The maximum atomic E-state index is 12.0. The summed E-state index contributed by atoms with van der Waals surface area (Å²) >= 11 is 1.36. The van der Waals surface area contributed by atoms with Crippen LogP contribution in [0.1, 0.15) is 21.5 Å². The first-order valence-electron chi connectivity index (χ1n) is 7.59. The summed E-state index contributed by atoms with van der Waals surface area (Å²) in [7, 11) is 0. The van der Waals surface area contributed by atoms with Crippen LogP contribution >= 0.6 is 11.8 Å². The number of thioether (sulfide) groups is 1. The molecular formula is C18H20N2O3S. The molecule has 0 radical (unpaired) electrons. The Morgan fingerprint density at radius 2 is 2.00 bits per heavy atom. The molecule has 0 aliphatic rings. The van der Waals surface area contributed by atoms with Crippen molar-refractivity contribution in [2.24, 2.45) is 0 Å². The van der Waals surface area contributed by atoms with Crippen molar-refractivity contribution in [3.8, 4) is 0 Å². The molecule has 2 aromatic rings. The molecule has 0 unspecified atom stereocenters. The lowest BCUT2D eigenvalue weighted by Gasteiger charge is -2.09. The fourth-order valence-electron chi connectivity index (χ4n) is 2.20. The molecule has 126 valence electrons. The number of nitrogens with one attached hydrogen (secondary N) is 1. The number of aryl methyl sites for hydroxylation is 1. The Morgan fingerprint density at radius 3 is 2.75 bits per heavy atom. The zero-order valence-electron chi connectivity index (χ0n) is 13.7. The molecule has 0 saturated carbocycles. The lowest BCUT2D eigenvalue weighted by atomic mass is 10.1. The number of carbonyl (C=O) groups is 2. The van der Waals surface area contributed by atoms with Crippen molar-refractivity contribution < 1.29 is 14.3 Å². The van der Waals surface area contributed by atoms with Crippen LogP contribution in [0.2, 0.25) is 0 Å². The number of aromatic nitrogens is 1.